The first kappa shape index (κ1) is 12.8. The van der Waals surface area contributed by atoms with Gasteiger partial charge < -0.3 is 15.4 Å². The van der Waals surface area contributed by atoms with Gasteiger partial charge >= 0.3 is 0 Å². The molecule has 1 saturated heterocycles. The van der Waals surface area contributed by atoms with E-state index in [1.54, 1.807) is 12.4 Å². The van der Waals surface area contributed by atoms with E-state index in [1.165, 1.54) is 0 Å². The molecule has 2 aromatic rings. The van der Waals surface area contributed by atoms with Gasteiger partial charge in [-0.1, -0.05) is 0 Å². The summed E-state index contributed by atoms with van der Waals surface area (Å²) < 4.78 is 5.34. The van der Waals surface area contributed by atoms with Crippen molar-refractivity contribution >= 4 is 11.5 Å². The zero-order chi connectivity index (χ0) is 13.9. The highest BCUT2D eigenvalue weighted by Crippen LogP contribution is 2.19. The fourth-order valence-electron chi connectivity index (χ4n) is 2.11. The molecular formula is C14H17N5O. The monoisotopic (exact) mass is 271 g/mol. The molecule has 2 N–H and O–H groups in total. The number of nitrogens with two attached hydrogens (primary N) is 1. The van der Waals surface area contributed by atoms with Crippen LogP contribution < -0.4 is 10.6 Å². The summed E-state index contributed by atoms with van der Waals surface area (Å²) in [5.41, 5.74) is 8.01. The van der Waals surface area contributed by atoms with Crippen LogP contribution in [0, 0.1) is 6.92 Å². The van der Waals surface area contributed by atoms with Crippen LogP contribution in [0.25, 0.3) is 11.4 Å². The van der Waals surface area contributed by atoms with Crippen LogP contribution in [-0.2, 0) is 4.74 Å². The number of morpholine rings is 1. The van der Waals surface area contributed by atoms with Gasteiger partial charge in [0.15, 0.2) is 5.82 Å². The number of aromatic nitrogens is 3. The summed E-state index contributed by atoms with van der Waals surface area (Å²) in [6, 6.07) is 3.98. The molecule has 0 amide bonds. The number of ether oxygens (including phenoxy) is 1. The Labute approximate surface area is 117 Å². The van der Waals surface area contributed by atoms with Crippen molar-refractivity contribution in [3.05, 3.63) is 30.2 Å². The van der Waals surface area contributed by atoms with Crippen LogP contribution in [0.2, 0.25) is 0 Å². The van der Waals surface area contributed by atoms with E-state index in [9.17, 15) is 0 Å². The zero-order valence-corrected chi connectivity index (χ0v) is 11.4. The Hall–Kier alpha value is -2.21. The van der Waals surface area contributed by atoms with Crippen LogP contribution >= 0.6 is 0 Å². The first-order chi connectivity index (χ1) is 9.74. The number of nitrogens with zero attached hydrogens (tertiary/aromatic N) is 4. The maximum Gasteiger partial charge on any atom is 0.161 e. The molecule has 0 bridgehead atoms. The molecule has 1 aliphatic heterocycles. The third kappa shape index (κ3) is 2.55. The van der Waals surface area contributed by atoms with E-state index in [4.69, 9.17) is 10.5 Å². The molecule has 1 aliphatic rings. The van der Waals surface area contributed by atoms with Crippen LogP contribution in [0.5, 0.6) is 0 Å². The predicted molar refractivity (Wildman–Crippen MR) is 77.4 cm³/mol. The fourth-order valence-corrected chi connectivity index (χ4v) is 2.11. The highest BCUT2D eigenvalue weighted by atomic mass is 16.5. The molecule has 0 aromatic carbocycles. The van der Waals surface area contributed by atoms with Crippen molar-refractivity contribution in [1.29, 1.82) is 0 Å². The van der Waals surface area contributed by atoms with Crippen molar-refractivity contribution in [3.8, 4) is 11.4 Å². The minimum atomic E-state index is 0.603. The Morgan fingerprint density at radius 1 is 1.15 bits per heavy atom. The molecule has 6 heteroatoms. The highest BCUT2D eigenvalue weighted by Gasteiger charge is 2.12. The van der Waals surface area contributed by atoms with Crippen molar-refractivity contribution in [2.45, 2.75) is 6.92 Å². The average molecular weight is 271 g/mol. The molecule has 3 rings (SSSR count). The molecule has 1 fully saturated rings. The molecule has 0 unspecified atom stereocenters. The van der Waals surface area contributed by atoms with E-state index in [2.05, 4.69) is 19.9 Å². The van der Waals surface area contributed by atoms with E-state index in [-0.39, 0.29) is 0 Å². The quantitative estimate of drug-likeness (QED) is 0.886. The van der Waals surface area contributed by atoms with Crippen LogP contribution in [0.4, 0.5) is 11.5 Å². The van der Waals surface area contributed by atoms with Gasteiger partial charge in [-0.25, -0.2) is 15.0 Å². The van der Waals surface area contributed by atoms with Crippen LogP contribution in [0.3, 0.4) is 0 Å². The van der Waals surface area contributed by atoms with Gasteiger partial charge in [0.2, 0.25) is 0 Å². The Morgan fingerprint density at radius 2 is 1.95 bits per heavy atom. The summed E-state index contributed by atoms with van der Waals surface area (Å²) in [6.07, 6.45) is 3.43. The summed E-state index contributed by atoms with van der Waals surface area (Å²) in [5.74, 6) is 1.61. The Bertz CT molecular complexity index is 593. The van der Waals surface area contributed by atoms with Crippen LogP contribution in [0.15, 0.2) is 24.5 Å². The maximum atomic E-state index is 5.73. The number of aryl methyl sites for hydroxylation is 1. The lowest BCUT2D eigenvalue weighted by Crippen LogP contribution is -2.36. The van der Waals surface area contributed by atoms with E-state index in [0.29, 0.717) is 11.5 Å². The third-order valence-electron chi connectivity index (χ3n) is 3.36. The summed E-state index contributed by atoms with van der Waals surface area (Å²) >= 11 is 0. The van der Waals surface area contributed by atoms with Gasteiger partial charge in [0, 0.05) is 24.8 Å². The molecule has 20 heavy (non-hydrogen) atoms. The Morgan fingerprint density at radius 3 is 2.60 bits per heavy atom. The second kappa shape index (κ2) is 5.42. The van der Waals surface area contributed by atoms with E-state index >= 15 is 0 Å². The predicted octanol–water partition coefficient (Wildman–Crippen LogP) is 1.27. The third-order valence-corrected chi connectivity index (χ3v) is 3.36. The summed E-state index contributed by atoms with van der Waals surface area (Å²) in [5, 5.41) is 0. The zero-order valence-electron chi connectivity index (χ0n) is 11.4. The topological polar surface area (TPSA) is 77.2 Å². The smallest absolute Gasteiger partial charge is 0.161 e. The molecule has 0 spiro atoms. The molecule has 0 radical (unpaired) electrons. The van der Waals surface area contributed by atoms with Gasteiger partial charge in [-0.2, -0.15) is 0 Å². The molecule has 104 valence electrons. The van der Waals surface area contributed by atoms with Gasteiger partial charge in [0.05, 0.1) is 30.8 Å². The van der Waals surface area contributed by atoms with E-state index < -0.39 is 0 Å². The van der Waals surface area contributed by atoms with E-state index in [0.717, 1.165) is 43.4 Å². The average Bonchev–Trinajstić information content (AvgIpc) is 2.51. The Balaban J connectivity index is 1.83. The summed E-state index contributed by atoms with van der Waals surface area (Å²) in [6.45, 7) is 5.14. The molecule has 6 nitrogen and oxygen atoms in total. The van der Waals surface area contributed by atoms with Gasteiger partial charge in [0.1, 0.15) is 5.82 Å². The van der Waals surface area contributed by atoms with Gasteiger partial charge in [-0.15, -0.1) is 0 Å². The van der Waals surface area contributed by atoms with Gasteiger partial charge in [0.25, 0.3) is 0 Å². The molecule has 2 aromatic heterocycles. The maximum absolute atomic E-state index is 5.73. The molecular weight excluding hydrogens is 254 g/mol. The highest BCUT2D eigenvalue weighted by molar-refractivity contribution is 5.58. The molecule has 0 atom stereocenters. The van der Waals surface area contributed by atoms with Crippen LogP contribution in [-0.4, -0.2) is 41.3 Å². The number of nitrogen functional groups attached to an aromatic ring is 1. The minimum Gasteiger partial charge on any atom is -0.396 e. The molecule has 0 saturated carbocycles. The Kier molecular flexibility index (Phi) is 3.47. The first-order valence-corrected chi connectivity index (χ1v) is 6.62. The number of pyridine rings is 1. The minimum absolute atomic E-state index is 0.603. The fraction of sp³-hybridized carbons (Fsp3) is 0.357. The van der Waals surface area contributed by atoms with Crippen molar-refractivity contribution < 1.29 is 4.74 Å². The summed E-state index contributed by atoms with van der Waals surface area (Å²) in [4.78, 5) is 15.3. The lowest BCUT2D eigenvalue weighted by Gasteiger charge is -2.27. The lowest BCUT2D eigenvalue weighted by atomic mass is 10.2. The van der Waals surface area contributed by atoms with Gasteiger partial charge in [-0.3, -0.25) is 0 Å². The molecule has 3 heterocycles. The van der Waals surface area contributed by atoms with Crippen molar-refractivity contribution in [2.24, 2.45) is 0 Å². The van der Waals surface area contributed by atoms with Gasteiger partial charge in [-0.05, 0) is 19.1 Å². The van der Waals surface area contributed by atoms with Crippen molar-refractivity contribution in [1.82, 2.24) is 15.0 Å². The number of hydrogen-bond donors (Lipinski definition) is 1. The van der Waals surface area contributed by atoms with Crippen molar-refractivity contribution in [2.75, 3.05) is 36.9 Å². The second-order valence-electron chi connectivity index (χ2n) is 4.74. The number of rotatable bonds is 2. The number of hydrogen-bond acceptors (Lipinski definition) is 6. The largest absolute Gasteiger partial charge is 0.396 e. The SMILES string of the molecule is Cc1nc(-c2ccc(N3CCOCC3)nc2)ncc1N. The summed E-state index contributed by atoms with van der Waals surface area (Å²) in [7, 11) is 0. The first-order valence-electron chi connectivity index (χ1n) is 6.62. The lowest BCUT2D eigenvalue weighted by molar-refractivity contribution is 0.122. The standard InChI is InChI=1S/C14H17N5O/c1-10-12(15)9-17-14(18-10)11-2-3-13(16-8-11)19-4-6-20-7-5-19/h2-3,8-9H,4-7,15H2,1H3. The normalized spacial score (nSPS) is 15.3. The second-order valence-corrected chi connectivity index (χ2v) is 4.74. The number of anilines is 2. The van der Waals surface area contributed by atoms with Crippen molar-refractivity contribution in [3.63, 3.8) is 0 Å². The molecule has 0 aliphatic carbocycles. The van der Waals surface area contributed by atoms with Crippen LogP contribution in [0.1, 0.15) is 5.69 Å². The van der Waals surface area contributed by atoms with E-state index in [1.807, 2.05) is 19.1 Å².